The zero-order valence-electron chi connectivity index (χ0n) is 15.9. The van der Waals surface area contributed by atoms with E-state index in [9.17, 15) is 8.42 Å². The van der Waals surface area contributed by atoms with Crippen molar-refractivity contribution in [3.8, 4) is 0 Å². The summed E-state index contributed by atoms with van der Waals surface area (Å²) in [5, 5.41) is 8.98. The van der Waals surface area contributed by atoms with Crippen LogP contribution < -0.4 is 10.6 Å². The lowest BCUT2D eigenvalue weighted by atomic mass is 10.00. The minimum absolute atomic E-state index is 0. The molecule has 0 aliphatic carbocycles. The van der Waals surface area contributed by atoms with Crippen LogP contribution in [-0.4, -0.2) is 53.2 Å². The van der Waals surface area contributed by atoms with Crippen LogP contribution in [0, 0.1) is 0 Å². The zero-order valence-corrected chi connectivity index (χ0v) is 19.1. The van der Waals surface area contributed by atoms with Gasteiger partial charge in [-0.15, -0.1) is 24.0 Å². The lowest BCUT2D eigenvalue weighted by molar-refractivity contribution is 0.154. The molecule has 2 aromatic rings. The van der Waals surface area contributed by atoms with Crippen LogP contribution in [0.3, 0.4) is 0 Å². The van der Waals surface area contributed by atoms with Crippen LogP contribution in [0.15, 0.2) is 47.5 Å². The third-order valence-corrected chi connectivity index (χ3v) is 4.91. The van der Waals surface area contributed by atoms with E-state index < -0.39 is 9.84 Å². The van der Waals surface area contributed by atoms with Crippen molar-refractivity contribution in [3.63, 3.8) is 0 Å². The molecule has 0 aliphatic rings. The number of guanidine groups is 1. The number of rotatable bonds is 8. The molecule has 0 bridgehead atoms. The average molecular weight is 505 g/mol. The molecule has 1 atom stereocenters. The Morgan fingerprint density at radius 3 is 2.56 bits per heavy atom. The first-order valence-corrected chi connectivity index (χ1v) is 10.7. The molecule has 0 saturated carbocycles. The summed E-state index contributed by atoms with van der Waals surface area (Å²) in [5.41, 5.74) is 1.20. The number of hydrogen-bond donors (Lipinski definition) is 2. The Labute approximate surface area is 178 Å². The van der Waals surface area contributed by atoms with E-state index in [0.717, 1.165) is 0 Å². The van der Waals surface area contributed by atoms with Gasteiger partial charge in [0.1, 0.15) is 9.84 Å². The Morgan fingerprint density at radius 2 is 1.85 bits per heavy atom. The van der Waals surface area contributed by atoms with Crippen molar-refractivity contribution in [2.75, 3.05) is 38.8 Å². The molecule has 8 heteroatoms. The number of benzene rings is 2. The van der Waals surface area contributed by atoms with Gasteiger partial charge in [0.25, 0.3) is 0 Å². The van der Waals surface area contributed by atoms with Gasteiger partial charge in [0.2, 0.25) is 0 Å². The van der Waals surface area contributed by atoms with Gasteiger partial charge in [-0.2, -0.15) is 0 Å². The molecule has 0 aromatic heterocycles. The van der Waals surface area contributed by atoms with Crippen LogP contribution in [0.25, 0.3) is 10.8 Å². The molecule has 0 radical (unpaired) electrons. The topological polar surface area (TPSA) is 79.8 Å². The van der Waals surface area contributed by atoms with Crippen LogP contribution >= 0.6 is 24.0 Å². The van der Waals surface area contributed by atoms with Crippen molar-refractivity contribution < 1.29 is 13.2 Å². The fourth-order valence-corrected chi connectivity index (χ4v) is 3.08. The minimum atomic E-state index is -2.98. The molecular weight excluding hydrogens is 477 g/mol. The van der Waals surface area contributed by atoms with E-state index in [1.165, 1.54) is 22.6 Å². The largest absolute Gasteiger partial charge is 0.379 e. The molecule has 0 aliphatic heterocycles. The van der Waals surface area contributed by atoms with Gasteiger partial charge in [-0.05, 0) is 23.3 Å². The van der Waals surface area contributed by atoms with Crippen LogP contribution in [0.4, 0.5) is 0 Å². The number of nitrogens with zero attached hydrogens (tertiary/aromatic N) is 1. The van der Waals surface area contributed by atoms with E-state index in [1.807, 2.05) is 12.1 Å². The molecule has 2 N–H and O–H groups in total. The quantitative estimate of drug-likeness (QED) is 0.250. The lowest BCUT2D eigenvalue weighted by Gasteiger charge is -2.20. The first-order valence-electron chi connectivity index (χ1n) is 8.61. The van der Waals surface area contributed by atoms with Gasteiger partial charge in [0.15, 0.2) is 5.96 Å². The maximum absolute atomic E-state index is 11.0. The van der Waals surface area contributed by atoms with E-state index >= 15 is 0 Å². The van der Waals surface area contributed by atoms with Crippen LogP contribution in [-0.2, 0) is 14.6 Å². The highest BCUT2D eigenvalue weighted by Crippen LogP contribution is 2.23. The standard InChI is InChI=1S/C19H27N3O3S.HI/c1-15(17-10-6-8-16-7-4-5-9-18(16)17)22-19(20-2)21-11-12-25-13-14-26(3,23)24;/h4-10,15H,11-14H2,1-3H3,(H2,20,21,22);1H. The predicted octanol–water partition coefficient (Wildman–Crippen LogP) is 2.75. The Bertz CT molecular complexity index is 851. The van der Waals surface area contributed by atoms with E-state index in [1.54, 1.807) is 7.05 Å². The highest BCUT2D eigenvalue weighted by atomic mass is 127. The number of hydrogen-bond acceptors (Lipinski definition) is 4. The molecule has 0 fully saturated rings. The lowest BCUT2D eigenvalue weighted by Crippen LogP contribution is -2.40. The van der Waals surface area contributed by atoms with Gasteiger partial charge in [-0.25, -0.2) is 8.42 Å². The smallest absolute Gasteiger partial charge is 0.191 e. The van der Waals surface area contributed by atoms with Crippen molar-refractivity contribution in [2.24, 2.45) is 4.99 Å². The molecule has 150 valence electrons. The van der Waals surface area contributed by atoms with Crippen molar-refractivity contribution in [1.82, 2.24) is 10.6 Å². The average Bonchev–Trinajstić information content (AvgIpc) is 2.62. The highest BCUT2D eigenvalue weighted by molar-refractivity contribution is 14.0. The number of fused-ring (bicyclic) bond motifs is 1. The number of halogens is 1. The highest BCUT2D eigenvalue weighted by Gasteiger charge is 2.10. The van der Waals surface area contributed by atoms with Crippen molar-refractivity contribution in [3.05, 3.63) is 48.0 Å². The minimum Gasteiger partial charge on any atom is -0.379 e. The fraction of sp³-hybridized carbons (Fsp3) is 0.421. The second-order valence-corrected chi connectivity index (χ2v) is 8.44. The second kappa shape index (κ2) is 11.5. The van der Waals surface area contributed by atoms with Gasteiger partial charge in [0.05, 0.1) is 25.0 Å². The fourth-order valence-electron chi connectivity index (χ4n) is 2.66. The first-order chi connectivity index (χ1) is 12.4. The van der Waals surface area contributed by atoms with Gasteiger partial charge in [-0.1, -0.05) is 42.5 Å². The van der Waals surface area contributed by atoms with Crippen molar-refractivity contribution >= 4 is 50.5 Å². The summed E-state index contributed by atoms with van der Waals surface area (Å²) in [4.78, 5) is 4.23. The summed E-state index contributed by atoms with van der Waals surface area (Å²) in [6, 6.07) is 14.7. The Kier molecular flexibility index (Phi) is 10.0. The third kappa shape index (κ3) is 8.02. The van der Waals surface area contributed by atoms with Crippen molar-refractivity contribution in [2.45, 2.75) is 13.0 Å². The molecule has 0 heterocycles. The summed E-state index contributed by atoms with van der Waals surface area (Å²) >= 11 is 0. The van der Waals surface area contributed by atoms with Gasteiger partial charge < -0.3 is 15.4 Å². The first kappa shape index (κ1) is 23.6. The summed E-state index contributed by atoms with van der Waals surface area (Å²) in [6.07, 6.45) is 1.20. The molecular formula is C19H28IN3O3S. The summed E-state index contributed by atoms with van der Waals surface area (Å²) in [6.45, 7) is 3.26. The number of aliphatic imine (C=N–C) groups is 1. The predicted molar refractivity (Wildman–Crippen MR) is 123 cm³/mol. The zero-order chi connectivity index (χ0) is 19.0. The molecule has 27 heavy (non-hydrogen) atoms. The Morgan fingerprint density at radius 1 is 1.15 bits per heavy atom. The van der Waals surface area contributed by atoms with Gasteiger partial charge >= 0.3 is 0 Å². The number of nitrogens with one attached hydrogen (secondary N) is 2. The third-order valence-electron chi connectivity index (χ3n) is 4.00. The van der Waals surface area contributed by atoms with Gasteiger partial charge in [-0.3, -0.25) is 4.99 Å². The summed E-state index contributed by atoms with van der Waals surface area (Å²) in [7, 11) is -1.26. The van der Waals surface area contributed by atoms with Crippen molar-refractivity contribution in [1.29, 1.82) is 0 Å². The van der Waals surface area contributed by atoms with E-state index in [4.69, 9.17) is 4.74 Å². The van der Waals surface area contributed by atoms with E-state index in [2.05, 4.69) is 52.9 Å². The van der Waals surface area contributed by atoms with Gasteiger partial charge in [0, 0.05) is 19.8 Å². The molecule has 1 unspecified atom stereocenters. The molecule has 0 spiro atoms. The van der Waals surface area contributed by atoms with E-state index in [0.29, 0.717) is 19.1 Å². The second-order valence-electron chi connectivity index (χ2n) is 6.18. The normalized spacial score (nSPS) is 13.1. The summed E-state index contributed by atoms with van der Waals surface area (Å²) < 4.78 is 27.4. The molecule has 2 aromatic carbocycles. The molecule has 0 saturated heterocycles. The Hall–Kier alpha value is -1.39. The summed E-state index contributed by atoms with van der Waals surface area (Å²) in [5.74, 6) is 0.718. The molecule has 2 rings (SSSR count). The van der Waals surface area contributed by atoms with Crippen LogP contribution in [0.2, 0.25) is 0 Å². The van der Waals surface area contributed by atoms with E-state index in [-0.39, 0.29) is 42.4 Å². The number of sulfone groups is 1. The maximum Gasteiger partial charge on any atom is 0.191 e. The molecule has 0 amide bonds. The monoisotopic (exact) mass is 505 g/mol. The Balaban J connectivity index is 0.00000364. The maximum atomic E-state index is 11.0. The number of ether oxygens (including phenoxy) is 1. The van der Waals surface area contributed by atoms with Crippen LogP contribution in [0.5, 0.6) is 0 Å². The van der Waals surface area contributed by atoms with Crippen LogP contribution in [0.1, 0.15) is 18.5 Å². The SMILES string of the molecule is CN=C(NCCOCCS(C)(=O)=O)NC(C)c1cccc2ccccc12.I. The molecule has 6 nitrogen and oxygen atoms in total.